The molecule has 1 heterocycles. The molecule has 1 aliphatic heterocycles. The maximum atomic E-state index is 12.6. The number of nitrogens with one attached hydrogen (secondary N) is 2. The molecule has 0 aliphatic carbocycles. The number of hydrogen-bond acceptors (Lipinski definition) is 5. The van der Waals surface area contributed by atoms with Gasteiger partial charge in [-0.1, -0.05) is 12.1 Å². The predicted molar refractivity (Wildman–Crippen MR) is 108 cm³/mol. The fourth-order valence-electron chi connectivity index (χ4n) is 2.88. The molecule has 0 saturated heterocycles. The van der Waals surface area contributed by atoms with E-state index in [2.05, 4.69) is 10.6 Å². The van der Waals surface area contributed by atoms with Crippen molar-refractivity contribution in [3.8, 4) is 17.2 Å². The molecule has 0 atom stereocenters. The first kappa shape index (κ1) is 18.4. The summed E-state index contributed by atoms with van der Waals surface area (Å²) in [6.07, 6.45) is 0. The number of fused-ring (bicyclic) bond motifs is 1. The van der Waals surface area contributed by atoms with Crippen LogP contribution in [0.1, 0.15) is 20.7 Å². The lowest BCUT2D eigenvalue weighted by molar-refractivity contribution is 0.102. The molecule has 7 heteroatoms. The highest BCUT2D eigenvalue weighted by molar-refractivity contribution is 6.08. The second kappa shape index (κ2) is 7.93. The number of methoxy groups -OCH3 is 1. The first-order valence-electron chi connectivity index (χ1n) is 8.89. The van der Waals surface area contributed by atoms with Gasteiger partial charge >= 0.3 is 0 Å². The molecule has 0 fully saturated rings. The summed E-state index contributed by atoms with van der Waals surface area (Å²) in [6.45, 7) is 0.164. The second-order valence-electron chi connectivity index (χ2n) is 6.29. The Hall–Kier alpha value is -4.00. The summed E-state index contributed by atoms with van der Waals surface area (Å²) in [5, 5.41) is 5.59. The van der Waals surface area contributed by atoms with Crippen molar-refractivity contribution in [2.45, 2.75) is 0 Å². The molecule has 0 unspecified atom stereocenters. The molecule has 0 aromatic heterocycles. The van der Waals surface area contributed by atoms with Crippen LogP contribution in [0.15, 0.2) is 66.7 Å². The summed E-state index contributed by atoms with van der Waals surface area (Å²) >= 11 is 0. The van der Waals surface area contributed by atoms with E-state index in [0.29, 0.717) is 39.8 Å². The molecule has 1 aliphatic rings. The predicted octanol–water partition coefficient (Wildman–Crippen LogP) is 3.93. The highest BCUT2D eigenvalue weighted by atomic mass is 16.7. The van der Waals surface area contributed by atoms with Gasteiger partial charge in [-0.3, -0.25) is 9.59 Å². The Balaban J connectivity index is 1.47. The molecule has 0 spiro atoms. The van der Waals surface area contributed by atoms with Crippen LogP contribution in [0, 0.1) is 0 Å². The molecule has 0 radical (unpaired) electrons. The Morgan fingerprint density at radius 1 is 0.793 bits per heavy atom. The normalized spacial score (nSPS) is 11.6. The van der Waals surface area contributed by atoms with Gasteiger partial charge in [0.2, 0.25) is 6.79 Å². The summed E-state index contributed by atoms with van der Waals surface area (Å²) < 4.78 is 15.7. The first-order valence-corrected chi connectivity index (χ1v) is 8.89. The van der Waals surface area contributed by atoms with Gasteiger partial charge in [0.15, 0.2) is 11.5 Å². The maximum absolute atomic E-state index is 12.6. The average Bonchev–Trinajstić information content (AvgIpc) is 3.22. The van der Waals surface area contributed by atoms with Crippen molar-refractivity contribution in [3.63, 3.8) is 0 Å². The van der Waals surface area contributed by atoms with Gasteiger partial charge in [0, 0.05) is 34.6 Å². The van der Waals surface area contributed by atoms with Crippen molar-refractivity contribution in [2.75, 3.05) is 24.5 Å². The molecule has 4 rings (SSSR count). The van der Waals surface area contributed by atoms with Gasteiger partial charge in [-0.2, -0.15) is 0 Å². The quantitative estimate of drug-likeness (QED) is 0.689. The summed E-state index contributed by atoms with van der Waals surface area (Å²) in [5.74, 6) is 1.20. The number of anilines is 2. The third-order valence-corrected chi connectivity index (χ3v) is 4.34. The summed E-state index contributed by atoms with van der Waals surface area (Å²) in [7, 11) is 1.56. The SMILES string of the molecule is COc1cccc(NC(=O)c2cccc(C(=O)Nc3ccc4c(c3)OCO4)c2)c1. The highest BCUT2D eigenvalue weighted by Gasteiger charge is 2.15. The molecule has 0 bridgehead atoms. The van der Waals surface area contributed by atoms with Crippen LogP contribution in [0.2, 0.25) is 0 Å². The van der Waals surface area contributed by atoms with E-state index >= 15 is 0 Å². The molecular weight excluding hydrogens is 372 g/mol. The van der Waals surface area contributed by atoms with Gasteiger partial charge in [-0.05, 0) is 42.5 Å². The van der Waals surface area contributed by atoms with Crippen LogP contribution < -0.4 is 24.8 Å². The number of carbonyl (C=O) groups excluding carboxylic acids is 2. The zero-order valence-corrected chi connectivity index (χ0v) is 15.6. The van der Waals surface area contributed by atoms with Crippen molar-refractivity contribution < 1.29 is 23.8 Å². The van der Waals surface area contributed by atoms with Crippen LogP contribution in [-0.2, 0) is 0 Å². The number of hydrogen-bond donors (Lipinski definition) is 2. The minimum absolute atomic E-state index is 0.164. The fourth-order valence-corrected chi connectivity index (χ4v) is 2.88. The summed E-state index contributed by atoms with van der Waals surface area (Å²) in [6, 6.07) is 18.7. The topological polar surface area (TPSA) is 85.9 Å². The lowest BCUT2D eigenvalue weighted by Gasteiger charge is -2.09. The smallest absolute Gasteiger partial charge is 0.255 e. The van der Waals surface area contributed by atoms with E-state index in [0.717, 1.165) is 0 Å². The number of rotatable bonds is 5. The van der Waals surface area contributed by atoms with Crippen LogP contribution >= 0.6 is 0 Å². The van der Waals surface area contributed by atoms with Gasteiger partial charge in [0.25, 0.3) is 11.8 Å². The standard InChI is InChI=1S/C22H18N2O5/c1-27-18-7-3-6-16(11-18)23-21(25)14-4-2-5-15(10-14)22(26)24-17-8-9-19-20(12-17)29-13-28-19/h2-12H,13H2,1H3,(H,23,25)(H,24,26). The van der Waals surface area contributed by atoms with E-state index in [1.807, 2.05) is 0 Å². The average molecular weight is 390 g/mol. The number of benzene rings is 3. The van der Waals surface area contributed by atoms with Crippen LogP contribution in [0.25, 0.3) is 0 Å². The van der Waals surface area contributed by atoms with Crippen molar-refractivity contribution >= 4 is 23.2 Å². The third-order valence-electron chi connectivity index (χ3n) is 4.34. The summed E-state index contributed by atoms with van der Waals surface area (Å²) in [5.41, 5.74) is 1.90. The van der Waals surface area contributed by atoms with Gasteiger partial charge in [-0.25, -0.2) is 0 Å². The van der Waals surface area contributed by atoms with Crippen molar-refractivity contribution in [2.24, 2.45) is 0 Å². The van der Waals surface area contributed by atoms with Gasteiger partial charge in [-0.15, -0.1) is 0 Å². The molecular formula is C22H18N2O5. The fraction of sp³-hybridized carbons (Fsp3) is 0.0909. The van der Waals surface area contributed by atoms with Crippen molar-refractivity contribution in [1.82, 2.24) is 0 Å². The highest BCUT2D eigenvalue weighted by Crippen LogP contribution is 2.34. The van der Waals surface area contributed by atoms with Gasteiger partial charge in [0.05, 0.1) is 7.11 Å². The second-order valence-corrected chi connectivity index (χ2v) is 6.29. The summed E-state index contributed by atoms with van der Waals surface area (Å²) in [4.78, 5) is 25.2. The van der Waals surface area contributed by atoms with E-state index < -0.39 is 0 Å². The van der Waals surface area contributed by atoms with Gasteiger partial charge in [0.1, 0.15) is 5.75 Å². The third kappa shape index (κ3) is 4.14. The van der Waals surface area contributed by atoms with E-state index in [9.17, 15) is 9.59 Å². The molecule has 2 N–H and O–H groups in total. The van der Waals surface area contributed by atoms with Gasteiger partial charge < -0.3 is 24.8 Å². The Labute approximate surface area is 167 Å². The van der Waals surface area contributed by atoms with E-state index in [1.54, 1.807) is 67.8 Å². The molecule has 2 amide bonds. The number of ether oxygens (including phenoxy) is 3. The van der Waals surface area contributed by atoms with Crippen LogP contribution in [-0.4, -0.2) is 25.7 Å². The molecule has 3 aromatic rings. The largest absolute Gasteiger partial charge is 0.497 e. The minimum atomic E-state index is -0.333. The van der Waals surface area contributed by atoms with Crippen molar-refractivity contribution in [3.05, 3.63) is 77.9 Å². The Morgan fingerprint density at radius 3 is 2.17 bits per heavy atom. The minimum Gasteiger partial charge on any atom is -0.497 e. The van der Waals surface area contributed by atoms with Crippen LogP contribution in [0.3, 0.4) is 0 Å². The number of amides is 2. The zero-order chi connectivity index (χ0) is 20.2. The molecule has 3 aromatic carbocycles. The first-order chi connectivity index (χ1) is 14.1. The monoisotopic (exact) mass is 390 g/mol. The molecule has 146 valence electrons. The lowest BCUT2D eigenvalue weighted by Crippen LogP contribution is -2.15. The molecule has 0 saturated carbocycles. The van der Waals surface area contributed by atoms with Crippen LogP contribution in [0.4, 0.5) is 11.4 Å². The Kier molecular flexibility index (Phi) is 5.03. The van der Waals surface area contributed by atoms with Crippen LogP contribution in [0.5, 0.6) is 17.2 Å². The lowest BCUT2D eigenvalue weighted by atomic mass is 10.1. The van der Waals surface area contributed by atoms with Crippen molar-refractivity contribution in [1.29, 1.82) is 0 Å². The van der Waals surface area contributed by atoms with E-state index in [-0.39, 0.29) is 18.6 Å². The Bertz CT molecular complexity index is 1080. The molecule has 29 heavy (non-hydrogen) atoms. The van der Waals surface area contributed by atoms with E-state index in [1.165, 1.54) is 6.07 Å². The Morgan fingerprint density at radius 2 is 1.45 bits per heavy atom. The number of carbonyl (C=O) groups is 2. The zero-order valence-electron chi connectivity index (χ0n) is 15.6. The van der Waals surface area contributed by atoms with E-state index in [4.69, 9.17) is 14.2 Å². The maximum Gasteiger partial charge on any atom is 0.255 e. The molecule has 7 nitrogen and oxygen atoms in total.